The molecule has 0 amide bonds. The summed E-state index contributed by atoms with van der Waals surface area (Å²) in [5, 5.41) is 12.6. The van der Waals surface area contributed by atoms with Crippen LogP contribution in [0.5, 0.6) is 0 Å². The van der Waals surface area contributed by atoms with Crippen LogP contribution in [0.4, 0.5) is 5.69 Å². The largest absolute Gasteiger partial charge is 0.480 e. The molecule has 5 nitrogen and oxygen atoms in total. The Kier molecular flexibility index (Phi) is 2.85. The third kappa shape index (κ3) is 2.18. The molecule has 0 spiro atoms. The van der Waals surface area contributed by atoms with Crippen LogP contribution < -0.4 is 4.90 Å². The van der Waals surface area contributed by atoms with Crippen molar-refractivity contribution in [1.29, 1.82) is 0 Å². The SMILES string of the molecule is CC(C)C1CN(c2cnn(CC(=O)O)c2)C1. The quantitative estimate of drug-likeness (QED) is 0.829. The van der Waals surface area contributed by atoms with Crippen molar-refractivity contribution in [2.24, 2.45) is 11.8 Å². The summed E-state index contributed by atoms with van der Waals surface area (Å²) in [5.74, 6) is 0.603. The molecule has 1 aromatic rings. The van der Waals surface area contributed by atoms with Crippen molar-refractivity contribution in [1.82, 2.24) is 9.78 Å². The van der Waals surface area contributed by atoms with Gasteiger partial charge < -0.3 is 10.0 Å². The zero-order valence-electron chi connectivity index (χ0n) is 9.63. The topological polar surface area (TPSA) is 58.4 Å². The molecule has 88 valence electrons. The third-order valence-electron chi connectivity index (χ3n) is 3.13. The molecule has 0 unspecified atom stereocenters. The van der Waals surface area contributed by atoms with Gasteiger partial charge in [-0.05, 0) is 11.8 Å². The summed E-state index contributed by atoms with van der Waals surface area (Å²) in [6.45, 7) is 6.50. The first-order valence-electron chi connectivity index (χ1n) is 5.55. The fourth-order valence-electron chi connectivity index (χ4n) is 1.89. The minimum Gasteiger partial charge on any atom is -0.480 e. The number of aromatic nitrogens is 2. The van der Waals surface area contributed by atoms with Crippen molar-refractivity contribution in [3.63, 3.8) is 0 Å². The van der Waals surface area contributed by atoms with E-state index in [1.807, 2.05) is 0 Å². The maximum absolute atomic E-state index is 10.5. The minimum atomic E-state index is -0.863. The normalized spacial score (nSPS) is 16.6. The molecule has 16 heavy (non-hydrogen) atoms. The van der Waals surface area contributed by atoms with Crippen molar-refractivity contribution in [2.45, 2.75) is 20.4 Å². The van der Waals surface area contributed by atoms with E-state index in [2.05, 4.69) is 23.8 Å². The summed E-state index contributed by atoms with van der Waals surface area (Å²) >= 11 is 0. The molecule has 0 aliphatic carbocycles. The van der Waals surface area contributed by atoms with Crippen molar-refractivity contribution in [3.8, 4) is 0 Å². The van der Waals surface area contributed by atoms with Gasteiger partial charge in [0.15, 0.2) is 0 Å². The summed E-state index contributed by atoms with van der Waals surface area (Å²) in [6, 6.07) is 0. The van der Waals surface area contributed by atoms with Crippen LogP contribution in [0, 0.1) is 11.8 Å². The Morgan fingerprint density at radius 1 is 1.62 bits per heavy atom. The van der Waals surface area contributed by atoms with E-state index in [-0.39, 0.29) is 6.54 Å². The fourth-order valence-corrected chi connectivity index (χ4v) is 1.89. The highest BCUT2D eigenvalue weighted by Crippen LogP contribution is 2.28. The van der Waals surface area contributed by atoms with Crippen LogP contribution in [-0.4, -0.2) is 33.9 Å². The fraction of sp³-hybridized carbons (Fsp3) is 0.636. The Labute approximate surface area is 94.7 Å². The van der Waals surface area contributed by atoms with Crippen molar-refractivity contribution in [3.05, 3.63) is 12.4 Å². The van der Waals surface area contributed by atoms with Gasteiger partial charge in [-0.15, -0.1) is 0 Å². The Morgan fingerprint density at radius 3 is 2.88 bits per heavy atom. The number of hydrogen-bond acceptors (Lipinski definition) is 3. The van der Waals surface area contributed by atoms with Crippen molar-refractivity contribution >= 4 is 11.7 Å². The van der Waals surface area contributed by atoms with Gasteiger partial charge in [0.05, 0.1) is 11.9 Å². The van der Waals surface area contributed by atoms with Gasteiger partial charge in [0.1, 0.15) is 6.54 Å². The second-order valence-electron chi connectivity index (χ2n) is 4.70. The van der Waals surface area contributed by atoms with E-state index in [0.29, 0.717) is 5.92 Å². The van der Waals surface area contributed by atoms with Gasteiger partial charge in [-0.25, -0.2) is 0 Å². The first-order chi connectivity index (χ1) is 7.56. The van der Waals surface area contributed by atoms with Crippen LogP contribution in [0.15, 0.2) is 12.4 Å². The lowest BCUT2D eigenvalue weighted by Gasteiger charge is -2.42. The molecule has 5 heteroatoms. The van der Waals surface area contributed by atoms with E-state index in [1.54, 1.807) is 12.4 Å². The number of carbonyl (C=O) groups is 1. The summed E-state index contributed by atoms with van der Waals surface area (Å²) in [7, 11) is 0. The molecule has 0 saturated carbocycles. The second-order valence-corrected chi connectivity index (χ2v) is 4.70. The molecule has 0 bridgehead atoms. The van der Waals surface area contributed by atoms with Crippen LogP contribution in [0.1, 0.15) is 13.8 Å². The molecular formula is C11H17N3O2. The van der Waals surface area contributed by atoms with Crippen LogP contribution in [0.25, 0.3) is 0 Å². The van der Waals surface area contributed by atoms with Crippen molar-refractivity contribution in [2.75, 3.05) is 18.0 Å². The average Bonchev–Trinajstić information content (AvgIpc) is 2.48. The lowest BCUT2D eigenvalue weighted by molar-refractivity contribution is -0.137. The lowest BCUT2D eigenvalue weighted by Crippen LogP contribution is -2.48. The van der Waals surface area contributed by atoms with E-state index >= 15 is 0 Å². The highest BCUT2D eigenvalue weighted by Gasteiger charge is 2.29. The summed E-state index contributed by atoms with van der Waals surface area (Å²) in [5.41, 5.74) is 1.03. The number of nitrogens with zero attached hydrogens (tertiary/aromatic N) is 3. The van der Waals surface area contributed by atoms with E-state index in [4.69, 9.17) is 5.11 Å². The van der Waals surface area contributed by atoms with E-state index in [1.165, 1.54) is 4.68 Å². The highest BCUT2D eigenvalue weighted by atomic mass is 16.4. The first kappa shape index (κ1) is 11.0. The Hall–Kier alpha value is -1.52. The Bertz CT molecular complexity index is 380. The van der Waals surface area contributed by atoms with Gasteiger partial charge in [0.25, 0.3) is 0 Å². The van der Waals surface area contributed by atoms with Gasteiger partial charge in [0.2, 0.25) is 0 Å². The number of carboxylic acid groups (broad SMARTS) is 1. The van der Waals surface area contributed by atoms with Crippen LogP contribution in [-0.2, 0) is 11.3 Å². The minimum absolute atomic E-state index is 0.0680. The van der Waals surface area contributed by atoms with Crippen molar-refractivity contribution < 1.29 is 9.90 Å². The van der Waals surface area contributed by atoms with E-state index in [9.17, 15) is 4.79 Å². The van der Waals surface area contributed by atoms with Crippen LogP contribution in [0.3, 0.4) is 0 Å². The van der Waals surface area contributed by atoms with Gasteiger partial charge in [-0.3, -0.25) is 9.48 Å². The maximum Gasteiger partial charge on any atom is 0.325 e. The number of aliphatic carboxylic acids is 1. The zero-order chi connectivity index (χ0) is 11.7. The molecule has 2 rings (SSSR count). The molecule has 1 fully saturated rings. The molecule has 0 radical (unpaired) electrons. The molecule has 1 saturated heterocycles. The summed E-state index contributed by atoms with van der Waals surface area (Å²) < 4.78 is 1.46. The second kappa shape index (κ2) is 4.15. The number of carboxylic acids is 1. The van der Waals surface area contributed by atoms with Gasteiger partial charge >= 0.3 is 5.97 Å². The predicted molar refractivity (Wildman–Crippen MR) is 60.4 cm³/mol. The molecule has 1 aliphatic rings. The zero-order valence-corrected chi connectivity index (χ0v) is 9.63. The molecule has 1 N–H and O–H groups in total. The van der Waals surface area contributed by atoms with Crippen LogP contribution >= 0.6 is 0 Å². The maximum atomic E-state index is 10.5. The standard InChI is InChI=1S/C11H17N3O2/c1-8(2)9-4-13(5-9)10-3-12-14(6-10)7-11(15)16/h3,6,8-9H,4-5,7H2,1-2H3,(H,15,16). The molecular weight excluding hydrogens is 206 g/mol. The van der Waals surface area contributed by atoms with E-state index in [0.717, 1.165) is 24.7 Å². The summed E-state index contributed by atoms with van der Waals surface area (Å²) in [6.07, 6.45) is 3.53. The van der Waals surface area contributed by atoms with Gasteiger partial charge in [-0.2, -0.15) is 5.10 Å². The lowest BCUT2D eigenvalue weighted by atomic mass is 9.88. The predicted octanol–water partition coefficient (Wildman–Crippen LogP) is 1.06. The third-order valence-corrected chi connectivity index (χ3v) is 3.13. The van der Waals surface area contributed by atoms with Gasteiger partial charge in [-0.1, -0.05) is 13.8 Å². The Morgan fingerprint density at radius 2 is 2.31 bits per heavy atom. The molecule has 0 aromatic carbocycles. The molecule has 1 aromatic heterocycles. The highest BCUT2D eigenvalue weighted by molar-refractivity contribution is 5.66. The molecule has 0 atom stereocenters. The van der Waals surface area contributed by atoms with E-state index < -0.39 is 5.97 Å². The average molecular weight is 223 g/mol. The number of anilines is 1. The molecule has 2 heterocycles. The summed E-state index contributed by atoms with van der Waals surface area (Å²) in [4.78, 5) is 12.7. The molecule has 1 aliphatic heterocycles. The smallest absolute Gasteiger partial charge is 0.325 e. The first-order valence-corrected chi connectivity index (χ1v) is 5.55. The number of rotatable bonds is 4. The number of hydrogen-bond donors (Lipinski definition) is 1. The van der Waals surface area contributed by atoms with Gasteiger partial charge in [0, 0.05) is 19.3 Å². The monoisotopic (exact) mass is 223 g/mol. The van der Waals surface area contributed by atoms with Crippen LogP contribution in [0.2, 0.25) is 0 Å². The Balaban J connectivity index is 1.92.